The van der Waals surface area contributed by atoms with Crippen molar-refractivity contribution in [2.24, 2.45) is 11.7 Å². The first kappa shape index (κ1) is 17.4. The Labute approximate surface area is 95.3 Å². The topological polar surface area (TPSA) is 73.6 Å². The first-order chi connectivity index (χ1) is 4.34. The van der Waals surface area contributed by atoms with Gasteiger partial charge in [-0.25, -0.2) is 0 Å². The van der Waals surface area contributed by atoms with Crippen molar-refractivity contribution >= 4 is 12.4 Å². The van der Waals surface area contributed by atoms with Gasteiger partial charge in [0, 0.05) is 0 Å². The fraction of sp³-hybridized carbons (Fsp3) is 0.667. The summed E-state index contributed by atoms with van der Waals surface area (Å²) in [5.74, 6) is 0.532. The van der Waals surface area contributed by atoms with Gasteiger partial charge in [-0.15, -0.1) is 12.4 Å². The molecule has 11 heavy (non-hydrogen) atoms. The Hall–Kier alpha value is 0.230. The fourth-order valence-corrected chi connectivity index (χ4v) is 0.561. The number of nitriles is 1. The smallest absolute Gasteiger partial charge is 0.512 e. The molecule has 3 nitrogen and oxygen atoms in total. The van der Waals surface area contributed by atoms with Crippen LogP contribution >= 0.6 is 12.4 Å². The summed E-state index contributed by atoms with van der Waals surface area (Å²) >= 11 is 0. The van der Waals surface area contributed by atoms with Gasteiger partial charge in [0.05, 0.1) is 12.1 Å². The van der Waals surface area contributed by atoms with Crippen molar-refractivity contribution in [2.45, 2.75) is 18.9 Å². The molecule has 1 unspecified atom stereocenters. The Bertz CT molecular complexity index is 138. The largest absolute Gasteiger partial charge is 1.00 e. The van der Waals surface area contributed by atoms with Gasteiger partial charge in [0.15, 0.2) is 0 Å². The Kier molecular flexibility index (Phi) is 16.1. The predicted octanol–water partition coefficient (Wildman–Crippen LogP) is -2.23. The van der Waals surface area contributed by atoms with Crippen molar-refractivity contribution in [2.75, 3.05) is 0 Å². The molecule has 0 aromatic rings. The molecule has 1 fully saturated rings. The summed E-state index contributed by atoms with van der Waals surface area (Å²) in [7, 11) is 0. The van der Waals surface area contributed by atoms with E-state index in [1.807, 2.05) is 6.07 Å². The molecule has 0 heterocycles. The number of nitrogens with zero attached hydrogens (tertiary/aromatic N) is 2. The second-order valence-corrected chi connectivity index (χ2v) is 1.99. The van der Waals surface area contributed by atoms with Crippen LogP contribution in [0.15, 0.2) is 0 Å². The number of rotatable bonds is 1. The van der Waals surface area contributed by atoms with Gasteiger partial charge in [0.2, 0.25) is 0 Å². The molecular formula is C6H9ClN3Na. The summed E-state index contributed by atoms with van der Waals surface area (Å²) in [6, 6.07) is 1.82. The van der Waals surface area contributed by atoms with E-state index in [2.05, 4.69) is 0 Å². The van der Waals surface area contributed by atoms with E-state index in [1.54, 1.807) is 0 Å². The summed E-state index contributed by atoms with van der Waals surface area (Å²) in [5, 5.41) is 14.4. The first-order valence-electron chi connectivity index (χ1n) is 2.72. The number of hydrogen-bond donors (Lipinski definition) is 1. The van der Waals surface area contributed by atoms with Gasteiger partial charge < -0.3 is 17.6 Å². The van der Waals surface area contributed by atoms with Crippen LogP contribution in [0.1, 0.15) is 12.8 Å². The quantitative estimate of drug-likeness (QED) is 0.368. The van der Waals surface area contributed by atoms with E-state index in [1.165, 1.54) is 0 Å². The van der Waals surface area contributed by atoms with Gasteiger partial charge in [0.25, 0.3) is 0 Å². The van der Waals surface area contributed by atoms with Gasteiger partial charge >= 0.3 is 29.6 Å². The molecule has 1 rings (SSSR count). The molecule has 0 aromatic heterocycles. The molecule has 0 aromatic carbocycles. The minimum Gasteiger partial charge on any atom is -0.512 e. The number of nitrogens with two attached hydrogens (primary N) is 1. The van der Waals surface area contributed by atoms with Crippen molar-refractivity contribution in [3.63, 3.8) is 0 Å². The normalized spacial score (nSPS) is 15.1. The third kappa shape index (κ3) is 8.13. The Morgan fingerprint density at radius 3 is 1.91 bits per heavy atom. The summed E-state index contributed by atoms with van der Waals surface area (Å²) in [5.41, 5.74) is 5.32. The van der Waals surface area contributed by atoms with E-state index in [9.17, 15) is 0 Å². The standard InChI is InChI=1S/C5H8N2.CN.ClH.Na/c6-3-5(7)4-1-2-4;1-2;;/h4-5H,1-2,7H2;;1H;/q;-1;;+1. The van der Waals surface area contributed by atoms with E-state index in [0.29, 0.717) is 5.92 Å². The van der Waals surface area contributed by atoms with E-state index in [-0.39, 0.29) is 48.0 Å². The zero-order chi connectivity index (χ0) is 7.28. The molecule has 1 atom stereocenters. The molecule has 0 amide bonds. The zero-order valence-electron chi connectivity index (χ0n) is 6.45. The number of halogens is 1. The zero-order valence-corrected chi connectivity index (χ0v) is 9.27. The molecular weight excluding hydrogens is 173 g/mol. The van der Waals surface area contributed by atoms with E-state index < -0.39 is 0 Å². The van der Waals surface area contributed by atoms with Crippen LogP contribution in [0, 0.1) is 29.1 Å². The summed E-state index contributed by atoms with van der Waals surface area (Å²) in [4.78, 5) is 0. The van der Waals surface area contributed by atoms with Gasteiger partial charge in [-0.1, -0.05) is 0 Å². The molecule has 1 saturated carbocycles. The predicted molar refractivity (Wildman–Crippen MR) is 38.5 cm³/mol. The van der Waals surface area contributed by atoms with Crippen LogP contribution in [0.5, 0.6) is 0 Å². The van der Waals surface area contributed by atoms with Crippen LogP contribution in [0.4, 0.5) is 0 Å². The van der Waals surface area contributed by atoms with Crippen molar-refractivity contribution < 1.29 is 29.6 Å². The summed E-state index contributed by atoms with van der Waals surface area (Å²) in [6.07, 6.45) is 2.32. The third-order valence-corrected chi connectivity index (χ3v) is 1.28. The molecule has 56 valence electrons. The van der Waals surface area contributed by atoms with Crippen LogP contribution in [0.2, 0.25) is 0 Å². The van der Waals surface area contributed by atoms with E-state index >= 15 is 0 Å². The SMILES string of the molecule is Cl.N#CC(N)C1CC1.[C-]#N.[Na+]. The molecule has 1 aliphatic rings. The van der Waals surface area contributed by atoms with Gasteiger partial charge in [0.1, 0.15) is 0 Å². The van der Waals surface area contributed by atoms with Crippen molar-refractivity contribution in [1.82, 2.24) is 0 Å². The Morgan fingerprint density at radius 2 is 1.82 bits per heavy atom. The maximum Gasteiger partial charge on any atom is 1.00 e. The monoisotopic (exact) mass is 181 g/mol. The minimum absolute atomic E-state index is 0. The van der Waals surface area contributed by atoms with Gasteiger partial charge in [-0.05, 0) is 18.8 Å². The van der Waals surface area contributed by atoms with Gasteiger partial charge in [-0.2, -0.15) is 5.26 Å². The van der Waals surface area contributed by atoms with Crippen molar-refractivity contribution in [3.05, 3.63) is 6.57 Å². The molecule has 1 aliphatic carbocycles. The summed E-state index contributed by atoms with van der Waals surface area (Å²) < 4.78 is 0. The van der Waals surface area contributed by atoms with E-state index in [4.69, 9.17) is 22.8 Å². The average Bonchev–Trinajstić information content (AvgIpc) is 2.72. The Morgan fingerprint density at radius 1 is 1.45 bits per heavy atom. The average molecular weight is 182 g/mol. The van der Waals surface area contributed by atoms with Crippen molar-refractivity contribution in [1.29, 1.82) is 10.5 Å². The summed E-state index contributed by atoms with van der Waals surface area (Å²) in [6.45, 7) is 4.75. The maximum atomic E-state index is 8.17. The molecule has 0 radical (unpaired) electrons. The molecule has 0 saturated heterocycles. The van der Waals surface area contributed by atoms with Crippen LogP contribution in [-0.2, 0) is 0 Å². The maximum absolute atomic E-state index is 8.17. The fourth-order valence-electron chi connectivity index (χ4n) is 0.561. The third-order valence-electron chi connectivity index (χ3n) is 1.28. The minimum atomic E-state index is -0.181. The Balaban J connectivity index is -0.000000149. The molecule has 0 bridgehead atoms. The van der Waals surface area contributed by atoms with E-state index in [0.717, 1.165) is 12.8 Å². The number of hydrogen-bond acceptors (Lipinski definition) is 3. The van der Waals surface area contributed by atoms with Crippen LogP contribution in [0.25, 0.3) is 0 Å². The van der Waals surface area contributed by atoms with Crippen molar-refractivity contribution in [3.8, 4) is 6.07 Å². The second kappa shape index (κ2) is 10.2. The van der Waals surface area contributed by atoms with Crippen LogP contribution in [0.3, 0.4) is 0 Å². The van der Waals surface area contributed by atoms with Crippen LogP contribution in [-0.4, -0.2) is 6.04 Å². The molecule has 0 aliphatic heterocycles. The van der Waals surface area contributed by atoms with Crippen LogP contribution < -0.4 is 35.3 Å². The molecule has 5 heteroatoms. The first-order valence-corrected chi connectivity index (χ1v) is 2.72. The molecule has 2 N–H and O–H groups in total. The van der Waals surface area contributed by atoms with Gasteiger partial charge in [-0.3, -0.25) is 0 Å². The second-order valence-electron chi connectivity index (χ2n) is 1.99. The molecule has 0 spiro atoms.